The minimum absolute atomic E-state index is 0.0860. The fourth-order valence-electron chi connectivity index (χ4n) is 1.44. The molecule has 15 heavy (non-hydrogen) atoms. The molecule has 1 atom stereocenters. The number of carbonyl (C=O) groups is 1. The molecule has 0 aromatic rings. The van der Waals surface area contributed by atoms with E-state index in [9.17, 15) is 13.2 Å². The molecule has 0 saturated carbocycles. The van der Waals surface area contributed by atoms with Crippen molar-refractivity contribution in [3.05, 3.63) is 0 Å². The first kappa shape index (κ1) is 12.4. The van der Waals surface area contributed by atoms with Crippen molar-refractivity contribution in [3.63, 3.8) is 0 Å². The van der Waals surface area contributed by atoms with Crippen molar-refractivity contribution >= 4 is 15.8 Å². The van der Waals surface area contributed by atoms with Crippen molar-refractivity contribution in [3.8, 4) is 0 Å². The van der Waals surface area contributed by atoms with Crippen LogP contribution in [-0.4, -0.2) is 61.1 Å². The second kappa shape index (κ2) is 4.07. The molecule has 1 rings (SSSR count). The van der Waals surface area contributed by atoms with Gasteiger partial charge in [-0.3, -0.25) is 9.69 Å². The van der Waals surface area contributed by atoms with E-state index in [4.69, 9.17) is 10.8 Å². The molecule has 1 aliphatic heterocycles. The van der Waals surface area contributed by atoms with E-state index in [-0.39, 0.29) is 18.1 Å². The number of sulfone groups is 1. The minimum atomic E-state index is -2.92. The largest absolute Gasteiger partial charge is 0.480 e. The van der Waals surface area contributed by atoms with Crippen LogP contribution >= 0.6 is 0 Å². The molecule has 3 N–H and O–H groups in total. The van der Waals surface area contributed by atoms with Crippen LogP contribution in [0.25, 0.3) is 0 Å². The molecule has 1 heterocycles. The van der Waals surface area contributed by atoms with Crippen LogP contribution in [0.1, 0.15) is 6.92 Å². The molecule has 0 bridgehead atoms. The smallest absolute Gasteiger partial charge is 0.324 e. The third kappa shape index (κ3) is 3.44. The minimum Gasteiger partial charge on any atom is -0.480 e. The van der Waals surface area contributed by atoms with Gasteiger partial charge in [-0.25, -0.2) is 8.42 Å². The van der Waals surface area contributed by atoms with Gasteiger partial charge in [0.25, 0.3) is 0 Å². The normalized spacial score (nSPS) is 25.7. The van der Waals surface area contributed by atoms with Gasteiger partial charge in [0, 0.05) is 19.6 Å². The summed E-state index contributed by atoms with van der Waals surface area (Å²) in [5.74, 6) is -0.901. The Labute approximate surface area is 89.0 Å². The summed E-state index contributed by atoms with van der Waals surface area (Å²) in [6.07, 6.45) is 0. The van der Waals surface area contributed by atoms with Crippen LogP contribution in [0.15, 0.2) is 0 Å². The van der Waals surface area contributed by atoms with Crippen molar-refractivity contribution in [2.45, 2.75) is 12.5 Å². The number of carboxylic acid groups (broad SMARTS) is 1. The van der Waals surface area contributed by atoms with Crippen LogP contribution in [0.3, 0.4) is 0 Å². The molecule has 1 aliphatic rings. The fraction of sp³-hybridized carbons (Fsp3) is 0.875. The van der Waals surface area contributed by atoms with Gasteiger partial charge in [-0.15, -0.1) is 0 Å². The molecule has 88 valence electrons. The van der Waals surface area contributed by atoms with Crippen molar-refractivity contribution in [1.29, 1.82) is 0 Å². The van der Waals surface area contributed by atoms with Crippen LogP contribution in [-0.2, 0) is 14.6 Å². The summed E-state index contributed by atoms with van der Waals surface area (Å²) >= 11 is 0. The monoisotopic (exact) mass is 236 g/mol. The number of carboxylic acids is 1. The fourth-order valence-corrected chi connectivity index (χ4v) is 2.72. The lowest BCUT2D eigenvalue weighted by atomic mass is 10.0. The molecule has 0 aromatic heterocycles. The van der Waals surface area contributed by atoms with Crippen molar-refractivity contribution < 1.29 is 18.3 Å². The quantitative estimate of drug-likeness (QED) is 0.619. The molecule has 0 spiro atoms. The summed E-state index contributed by atoms with van der Waals surface area (Å²) in [7, 11) is -2.92. The van der Waals surface area contributed by atoms with Crippen LogP contribution in [0.4, 0.5) is 0 Å². The SMILES string of the molecule is CC(N)(CN1CCS(=O)(=O)CC1)C(=O)O. The molecule has 0 radical (unpaired) electrons. The standard InChI is InChI=1S/C8H16N2O4S/c1-8(9,7(11)12)6-10-2-4-15(13,14)5-3-10/h2-6,9H2,1H3,(H,11,12). The molecular weight excluding hydrogens is 220 g/mol. The second-order valence-electron chi connectivity index (χ2n) is 4.15. The maximum absolute atomic E-state index is 11.1. The summed E-state index contributed by atoms with van der Waals surface area (Å²) in [4.78, 5) is 12.5. The number of nitrogens with two attached hydrogens (primary N) is 1. The zero-order valence-corrected chi connectivity index (χ0v) is 9.46. The summed E-state index contributed by atoms with van der Waals surface area (Å²) in [6.45, 7) is 2.33. The summed E-state index contributed by atoms with van der Waals surface area (Å²) in [5.41, 5.74) is 4.25. The van der Waals surface area contributed by atoms with Crippen molar-refractivity contribution in [2.24, 2.45) is 5.73 Å². The first-order valence-corrected chi connectivity index (χ1v) is 6.50. The summed E-state index contributed by atoms with van der Waals surface area (Å²) in [6, 6.07) is 0. The Balaban J connectivity index is 2.53. The highest BCUT2D eigenvalue weighted by Gasteiger charge is 2.32. The Kier molecular flexibility index (Phi) is 3.37. The highest BCUT2D eigenvalue weighted by Crippen LogP contribution is 2.08. The van der Waals surface area contributed by atoms with Gasteiger partial charge in [-0.05, 0) is 6.92 Å². The number of nitrogens with zero attached hydrogens (tertiary/aromatic N) is 1. The Morgan fingerprint density at radius 3 is 2.33 bits per heavy atom. The van der Waals surface area contributed by atoms with E-state index in [1.54, 1.807) is 4.90 Å². The average molecular weight is 236 g/mol. The Hall–Kier alpha value is -0.660. The molecule has 7 heteroatoms. The number of aliphatic carboxylic acids is 1. The highest BCUT2D eigenvalue weighted by molar-refractivity contribution is 7.91. The van der Waals surface area contributed by atoms with Crippen LogP contribution in [0.5, 0.6) is 0 Å². The van der Waals surface area contributed by atoms with Gasteiger partial charge in [-0.1, -0.05) is 0 Å². The van der Waals surface area contributed by atoms with E-state index >= 15 is 0 Å². The molecule has 1 unspecified atom stereocenters. The number of rotatable bonds is 3. The van der Waals surface area contributed by atoms with Gasteiger partial charge in [0.1, 0.15) is 5.54 Å². The van der Waals surface area contributed by atoms with Crippen LogP contribution in [0.2, 0.25) is 0 Å². The Morgan fingerprint density at radius 2 is 1.93 bits per heavy atom. The van der Waals surface area contributed by atoms with Crippen LogP contribution < -0.4 is 5.73 Å². The van der Waals surface area contributed by atoms with Gasteiger partial charge < -0.3 is 10.8 Å². The van der Waals surface area contributed by atoms with E-state index in [0.29, 0.717) is 13.1 Å². The maximum Gasteiger partial charge on any atom is 0.324 e. The molecule has 0 aliphatic carbocycles. The molecule has 1 fully saturated rings. The zero-order valence-electron chi connectivity index (χ0n) is 8.64. The second-order valence-corrected chi connectivity index (χ2v) is 6.45. The third-order valence-electron chi connectivity index (χ3n) is 2.48. The Morgan fingerprint density at radius 1 is 1.47 bits per heavy atom. The predicted molar refractivity (Wildman–Crippen MR) is 55.3 cm³/mol. The third-order valence-corrected chi connectivity index (χ3v) is 4.09. The van der Waals surface area contributed by atoms with Crippen LogP contribution in [0, 0.1) is 0 Å². The van der Waals surface area contributed by atoms with E-state index in [2.05, 4.69) is 0 Å². The van der Waals surface area contributed by atoms with Gasteiger partial charge in [0.05, 0.1) is 11.5 Å². The van der Waals surface area contributed by atoms with Gasteiger partial charge in [0.2, 0.25) is 0 Å². The molecular formula is C8H16N2O4S. The lowest BCUT2D eigenvalue weighted by Crippen LogP contribution is -2.56. The van der Waals surface area contributed by atoms with Crippen molar-refractivity contribution in [1.82, 2.24) is 4.90 Å². The van der Waals surface area contributed by atoms with E-state index in [1.165, 1.54) is 6.92 Å². The van der Waals surface area contributed by atoms with Gasteiger partial charge >= 0.3 is 5.97 Å². The van der Waals surface area contributed by atoms with Gasteiger partial charge in [0.15, 0.2) is 9.84 Å². The lowest BCUT2D eigenvalue weighted by molar-refractivity contribution is -0.143. The summed E-state index contributed by atoms with van der Waals surface area (Å²) < 4.78 is 22.2. The predicted octanol–water partition coefficient (Wildman–Crippen LogP) is -1.48. The maximum atomic E-state index is 11.1. The first-order chi connectivity index (χ1) is 6.73. The zero-order chi connectivity index (χ0) is 11.7. The molecule has 0 aromatic carbocycles. The Bertz CT molecular complexity index is 336. The first-order valence-electron chi connectivity index (χ1n) is 4.68. The lowest BCUT2D eigenvalue weighted by Gasteiger charge is -2.31. The molecule has 0 amide bonds. The van der Waals surface area contributed by atoms with Crippen molar-refractivity contribution in [2.75, 3.05) is 31.1 Å². The topological polar surface area (TPSA) is 101 Å². The van der Waals surface area contributed by atoms with E-state index < -0.39 is 21.3 Å². The average Bonchev–Trinajstić information content (AvgIpc) is 2.08. The molecule has 1 saturated heterocycles. The van der Waals surface area contributed by atoms with E-state index in [1.807, 2.05) is 0 Å². The molecule has 6 nitrogen and oxygen atoms in total. The number of hydrogen-bond acceptors (Lipinski definition) is 5. The number of hydrogen-bond donors (Lipinski definition) is 2. The van der Waals surface area contributed by atoms with Gasteiger partial charge in [-0.2, -0.15) is 0 Å². The summed E-state index contributed by atoms with van der Waals surface area (Å²) in [5, 5.41) is 8.80. The highest BCUT2D eigenvalue weighted by atomic mass is 32.2. The van der Waals surface area contributed by atoms with E-state index in [0.717, 1.165) is 0 Å².